The van der Waals surface area contributed by atoms with E-state index in [9.17, 15) is 9.59 Å². The smallest absolute Gasteiger partial charge is 0.227 e. The number of thiophene rings is 1. The Hall–Kier alpha value is -1.66. The maximum atomic E-state index is 12.5. The molecule has 0 saturated carbocycles. The van der Waals surface area contributed by atoms with Gasteiger partial charge in [0.05, 0.1) is 17.3 Å². The molecule has 1 heterocycles. The Morgan fingerprint density at radius 1 is 1.30 bits per heavy atom. The first kappa shape index (κ1) is 17.7. The van der Waals surface area contributed by atoms with Crippen LogP contribution in [-0.4, -0.2) is 30.7 Å². The van der Waals surface area contributed by atoms with Crippen molar-refractivity contribution in [3.8, 4) is 5.75 Å². The van der Waals surface area contributed by atoms with Gasteiger partial charge in [-0.3, -0.25) is 9.59 Å². The van der Waals surface area contributed by atoms with Crippen molar-refractivity contribution in [2.24, 2.45) is 0 Å². The van der Waals surface area contributed by atoms with Crippen molar-refractivity contribution in [3.63, 3.8) is 0 Å². The van der Waals surface area contributed by atoms with E-state index >= 15 is 0 Å². The maximum Gasteiger partial charge on any atom is 0.227 e. The number of hydrogen-bond acceptors (Lipinski definition) is 4. The molecule has 0 aliphatic carbocycles. The van der Waals surface area contributed by atoms with E-state index < -0.39 is 0 Å². The zero-order valence-electron chi connectivity index (χ0n) is 13.3. The number of carbonyl (C=O) groups is 2. The summed E-state index contributed by atoms with van der Waals surface area (Å²) < 4.78 is 6.34. The molecule has 1 aromatic heterocycles. The number of halogens is 1. The third-order valence-corrected chi connectivity index (χ3v) is 5.05. The fourth-order valence-corrected chi connectivity index (χ4v) is 3.42. The van der Waals surface area contributed by atoms with Crippen LogP contribution in [0.25, 0.3) is 0 Å². The van der Waals surface area contributed by atoms with Gasteiger partial charge >= 0.3 is 0 Å². The minimum atomic E-state index is -0.0298. The number of nitrogens with zero attached hydrogens (tertiary/aromatic N) is 1. The molecule has 0 fully saturated rings. The highest BCUT2D eigenvalue weighted by atomic mass is 79.9. The fourth-order valence-electron chi connectivity index (χ4n) is 2.22. The highest BCUT2D eigenvalue weighted by molar-refractivity contribution is 9.11. The number of amides is 1. The molecule has 0 aliphatic heterocycles. The second-order valence-electron chi connectivity index (χ2n) is 5.27. The topological polar surface area (TPSA) is 46.6 Å². The molecule has 2 aromatic rings. The van der Waals surface area contributed by atoms with Crippen molar-refractivity contribution in [2.75, 3.05) is 14.2 Å². The number of ether oxygens (including phenoxy) is 1. The predicted molar refractivity (Wildman–Crippen MR) is 95.2 cm³/mol. The van der Waals surface area contributed by atoms with E-state index in [4.69, 9.17) is 4.74 Å². The van der Waals surface area contributed by atoms with Crippen LogP contribution in [0.3, 0.4) is 0 Å². The average Bonchev–Trinajstić information content (AvgIpc) is 2.92. The summed E-state index contributed by atoms with van der Waals surface area (Å²) in [6, 6.07) is 7.18. The number of likely N-dealkylation sites (N-methyl/N-ethyl adjacent to an activating group) is 1. The molecule has 0 atom stereocenters. The quantitative estimate of drug-likeness (QED) is 0.696. The van der Waals surface area contributed by atoms with Crippen molar-refractivity contribution in [3.05, 3.63) is 50.1 Å². The van der Waals surface area contributed by atoms with Crippen LogP contribution in [0.4, 0.5) is 0 Å². The molecule has 1 aromatic carbocycles. The van der Waals surface area contributed by atoms with Crippen LogP contribution in [0.1, 0.15) is 28.4 Å². The van der Waals surface area contributed by atoms with E-state index in [1.54, 1.807) is 48.6 Å². The highest BCUT2D eigenvalue weighted by Crippen LogP contribution is 2.23. The zero-order chi connectivity index (χ0) is 17.0. The number of benzene rings is 1. The van der Waals surface area contributed by atoms with E-state index in [0.717, 1.165) is 14.9 Å². The molecule has 2 rings (SSSR count). The van der Waals surface area contributed by atoms with Gasteiger partial charge in [-0.1, -0.05) is 0 Å². The Labute approximate surface area is 148 Å². The summed E-state index contributed by atoms with van der Waals surface area (Å²) >= 11 is 5.01. The minimum absolute atomic E-state index is 0.0219. The highest BCUT2D eigenvalue weighted by Gasteiger charge is 2.15. The van der Waals surface area contributed by atoms with Gasteiger partial charge in [-0.15, -0.1) is 11.3 Å². The molecule has 6 heteroatoms. The average molecular weight is 396 g/mol. The van der Waals surface area contributed by atoms with Crippen molar-refractivity contribution < 1.29 is 14.3 Å². The van der Waals surface area contributed by atoms with E-state index in [1.807, 2.05) is 11.4 Å². The van der Waals surface area contributed by atoms with Gasteiger partial charge in [0.2, 0.25) is 5.91 Å². The van der Waals surface area contributed by atoms with Gasteiger partial charge in [-0.05, 0) is 58.1 Å². The minimum Gasteiger partial charge on any atom is -0.496 e. The van der Waals surface area contributed by atoms with E-state index in [-0.39, 0.29) is 18.1 Å². The molecule has 0 spiro atoms. The summed E-state index contributed by atoms with van der Waals surface area (Å²) in [5, 5.41) is 2.02. The number of hydrogen-bond donors (Lipinski definition) is 0. The monoisotopic (exact) mass is 395 g/mol. The molecule has 0 saturated heterocycles. The van der Waals surface area contributed by atoms with Crippen LogP contribution < -0.4 is 4.74 Å². The summed E-state index contributed by atoms with van der Waals surface area (Å²) in [4.78, 5) is 25.6. The molecule has 0 bridgehead atoms. The lowest BCUT2D eigenvalue weighted by Crippen LogP contribution is -2.27. The second kappa shape index (κ2) is 7.75. The Bertz CT molecular complexity index is 726. The standard InChI is InChI=1S/C17H18BrNO3S/c1-11(20)13-4-5-15(22-3)14(7-13)8-17(21)19(2)9-12-6-16(18)23-10-12/h4-7,10H,8-9H2,1-3H3. The summed E-state index contributed by atoms with van der Waals surface area (Å²) in [6.45, 7) is 2.06. The van der Waals surface area contributed by atoms with Crippen LogP contribution in [0.2, 0.25) is 0 Å². The number of methoxy groups -OCH3 is 1. The van der Waals surface area contributed by atoms with Crippen molar-refractivity contribution in [1.82, 2.24) is 4.90 Å². The second-order valence-corrected chi connectivity index (χ2v) is 7.56. The lowest BCUT2D eigenvalue weighted by Gasteiger charge is -2.17. The first-order chi connectivity index (χ1) is 10.9. The Balaban J connectivity index is 2.12. The van der Waals surface area contributed by atoms with Crippen LogP contribution >= 0.6 is 27.3 Å². The molecule has 122 valence electrons. The van der Waals surface area contributed by atoms with Gasteiger partial charge < -0.3 is 9.64 Å². The summed E-state index contributed by atoms with van der Waals surface area (Å²) in [5.74, 6) is 0.569. The predicted octanol–water partition coefficient (Wildman–Crippen LogP) is 3.92. The van der Waals surface area contributed by atoms with Crippen LogP contribution in [0, 0.1) is 0 Å². The van der Waals surface area contributed by atoms with Gasteiger partial charge in [-0.2, -0.15) is 0 Å². The van der Waals surface area contributed by atoms with Gasteiger partial charge in [0.15, 0.2) is 5.78 Å². The van der Waals surface area contributed by atoms with Gasteiger partial charge in [0.1, 0.15) is 5.75 Å². The first-order valence-corrected chi connectivity index (χ1v) is 8.72. The van der Waals surface area contributed by atoms with Gasteiger partial charge in [0, 0.05) is 24.7 Å². The third-order valence-electron chi connectivity index (χ3n) is 3.50. The SMILES string of the molecule is COc1ccc(C(C)=O)cc1CC(=O)N(C)Cc1csc(Br)c1. The zero-order valence-corrected chi connectivity index (χ0v) is 15.7. The maximum absolute atomic E-state index is 12.5. The summed E-state index contributed by atoms with van der Waals surface area (Å²) in [5.41, 5.74) is 2.39. The van der Waals surface area contributed by atoms with Gasteiger partial charge in [0.25, 0.3) is 0 Å². The lowest BCUT2D eigenvalue weighted by molar-refractivity contribution is -0.129. The molecule has 0 radical (unpaired) electrons. The van der Waals surface area contributed by atoms with Crippen LogP contribution in [0.5, 0.6) is 5.75 Å². The molecule has 23 heavy (non-hydrogen) atoms. The number of ketones is 1. The molecular formula is C17H18BrNO3S. The van der Waals surface area contributed by atoms with E-state index in [1.165, 1.54) is 6.92 Å². The molecule has 0 unspecified atom stereocenters. The van der Waals surface area contributed by atoms with Crippen LogP contribution in [0.15, 0.2) is 33.4 Å². The third kappa shape index (κ3) is 4.65. The molecule has 4 nitrogen and oxygen atoms in total. The molecule has 0 aliphatic rings. The number of Topliss-reactive ketones (excluding diaryl/α,β-unsaturated/α-hetero) is 1. The van der Waals surface area contributed by atoms with E-state index in [2.05, 4.69) is 15.9 Å². The number of carbonyl (C=O) groups excluding carboxylic acids is 2. The Morgan fingerprint density at radius 2 is 2.04 bits per heavy atom. The first-order valence-electron chi connectivity index (χ1n) is 7.05. The molecular weight excluding hydrogens is 378 g/mol. The van der Waals surface area contributed by atoms with Crippen molar-refractivity contribution >= 4 is 39.0 Å². The Kier molecular flexibility index (Phi) is 5.96. The normalized spacial score (nSPS) is 10.4. The molecule has 1 amide bonds. The molecule has 0 N–H and O–H groups in total. The number of rotatable bonds is 6. The summed E-state index contributed by atoms with van der Waals surface area (Å²) in [7, 11) is 3.33. The van der Waals surface area contributed by atoms with E-state index in [0.29, 0.717) is 17.9 Å². The van der Waals surface area contributed by atoms with Crippen molar-refractivity contribution in [1.29, 1.82) is 0 Å². The lowest BCUT2D eigenvalue weighted by atomic mass is 10.0. The fraction of sp³-hybridized carbons (Fsp3) is 0.294. The van der Waals surface area contributed by atoms with Gasteiger partial charge in [-0.25, -0.2) is 0 Å². The Morgan fingerprint density at radius 3 is 2.61 bits per heavy atom. The largest absolute Gasteiger partial charge is 0.496 e. The van der Waals surface area contributed by atoms with Crippen molar-refractivity contribution in [2.45, 2.75) is 19.9 Å². The summed E-state index contributed by atoms with van der Waals surface area (Å²) in [6.07, 6.45) is 0.200. The van der Waals surface area contributed by atoms with Crippen LogP contribution in [-0.2, 0) is 17.8 Å².